The van der Waals surface area contributed by atoms with E-state index in [1.165, 1.54) is 69.8 Å². The number of amides is 1. The van der Waals surface area contributed by atoms with Gasteiger partial charge in [0, 0.05) is 12.3 Å². The fraction of sp³-hybridized carbons (Fsp3) is 0.841. The molecule has 17 heteroatoms. The van der Waals surface area contributed by atoms with Gasteiger partial charge in [0.05, 0.1) is 24.9 Å². The van der Waals surface area contributed by atoms with Crippen molar-refractivity contribution in [3.8, 4) is 0 Å². The first kappa shape index (κ1) is 53.3. The highest BCUT2D eigenvalue weighted by Gasteiger charge is 2.59. The maximum Gasteiger partial charge on any atom is 0.469 e. The number of carbonyl (C=O) groups excluding carboxylic acids is 2. The number of carbonyl (C=O) groups is 3. The van der Waals surface area contributed by atoms with Crippen LogP contribution in [0.1, 0.15) is 169 Å². The van der Waals surface area contributed by atoms with Crippen LogP contribution < -0.4 is 11.1 Å². The quantitative estimate of drug-likeness (QED) is 0.0252. The third kappa shape index (κ3) is 17.1. The van der Waals surface area contributed by atoms with Crippen molar-refractivity contribution in [1.82, 2.24) is 5.32 Å². The molecule has 352 valence electrons. The lowest BCUT2D eigenvalue weighted by Gasteiger charge is -2.58. The predicted octanol–water partition coefficient (Wildman–Crippen LogP) is 7.73. The third-order valence-corrected chi connectivity index (χ3v) is 15.3. The number of carboxylic acid groups (broad SMARTS) is 1. The maximum atomic E-state index is 12.2. The molecule has 1 amide bonds. The SMILES string of the molecule is CC(=O)[C@H]1CC[C@H]2[C@@H]3CC=C4CC(OS(=O)(=O)O)CC[C@]4(C)[C@H]3CC[C@]12C.CCCCCCCCCCCCCC=CC(O)C(N)COP(=O)(O)O.O=C1CC[C@@H](C(=O)O)N1. The van der Waals surface area contributed by atoms with Gasteiger partial charge in [0.1, 0.15) is 11.8 Å². The van der Waals surface area contributed by atoms with E-state index < -0.39 is 48.5 Å². The number of nitrogens with two attached hydrogens (primary N) is 1. The highest BCUT2D eigenvalue weighted by Crippen LogP contribution is 2.66. The molecule has 0 radical (unpaired) electrons. The summed E-state index contributed by atoms with van der Waals surface area (Å²) in [7, 11) is -8.93. The molecule has 0 bridgehead atoms. The van der Waals surface area contributed by atoms with Gasteiger partial charge in [-0.3, -0.25) is 18.7 Å². The van der Waals surface area contributed by atoms with Gasteiger partial charge in [0.15, 0.2) is 0 Å². The average molecular weight is 905 g/mol. The molecule has 4 aliphatic carbocycles. The van der Waals surface area contributed by atoms with E-state index in [1.807, 2.05) is 6.08 Å². The summed E-state index contributed by atoms with van der Waals surface area (Å²) < 4.78 is 50.9. The van der Waals surface area contributed by atoms with Crippen LogP contribution in [0.2, 0.25) is 0 Å². The number of nitrogens with one attached hydrogen (secondary N) is 1. The second kappa shape index (κ2) is 24.9. The molecule has 5 rings (SSSR count). The van der Waals surface area contributed by atoms with Crippen molar-refractivity contribution in [3.63, 3.8) is 0 Å². The fourth-order valence-corrected chi connectivity index (χ4v) is 11.8. The van der Waals surface area contributed by atoms with E-state index in [0.717, 1.165) is 51.4 Å². The van der Waals surface area contributed by atoms with E-state index in [1.54, 1.807) is 13.0 Å². The molecule has 1 aliphatic heterocycles. The summed E-state index contributed by atoms with van der Waals surface area (Å²) in [5.74, 6) is 1.32. The number of carboxylic acids is 1. The van der Waals surface area contributed by atoms with E-state index >= 15 is 0 Å². The van der Waals surface area contributed by atoms with Crippen molar-refractivity contribution >= 4 is 35.9 Å². The van der Waals surface area contributed by atoms with Crippen molar-refractivity contribution in [2.45, 2.75) is 193 Å². The lowest BCUT2D eigenvalue weighted by Crippen LogP contribution is -2.51. The molecular weight excluding hydrogens is 828 g/mol. The Morgan fingerprint density at radius 2 is 1.59 bits per heavy atom. The molecule has 0 aromatic carbocycles. The highest BCUT2D eigenvalue weighted by atomic mass is 32.3. The molecule has 3 saturated carbocycles. The molecule has 5 aliphatic rings. The Morgan fingerprint density at radius 1 is 0.967 bits per heavy atom. The van der Waals surface area contributed by atoms with Gasteiger partial charge in [-0.1, -0.05) is 109 Å². The van der Waals surface area contributed by atoms with Gasteiger partial charge >= 0.3 is 24.2 Å². The number of hydrogen-bond acceptors (Lipinski definition) is 10. The lowest BCUT2D eigenvalue weighted by atomic mass is 9.47. The number of Topliss-reactive ketones (excluding diaryl/α,β-unsaturated/α-hetero) is 1. The van der Waals surface area contributed by atoms with Gasteiger partial charge in [-0.2, -0.15) is 8.42 Å². The van der Waals surface area contributed by atoms with Crippen LogP contribution in [0.5, 0.6) is 0 Å². The minimum atomic E-state index is -4.53. The van der Waals surface area contributed by atoms with Gasteiger partial charge < -0.3 is 31.1 Å². The number of aliphatic hydroxyl groups excluding tert-OH is 1. The average Bonchev–Trinajstić information content (AvgIpc) is 3.78. The van der Waals surface area contributed by atoms with Crippen LogP contribution in [-0.2, 0) is 38.1 Å². The van der Waals surface area contributed by atoms with E-state index in [4.69, 9.17) is 29.4 Å². The zero-order valence-electron chi connectivity index (χ0n) is 37.0. The van der Waals surface area contributed by atoms with Crippen molar-refractivity contribution in [1.29, 1.82) is 0 Å². The molecule has 0 aromatic heterocycles. The van der Waals surface area contributed by atoms with Crippen LogP contribution in [0.4, 0.5) is 0 Å². The van der Waals surface area contributed by atoms with Gasteiger partial charge in [-0.25, -0.2) is 13.5 Å². The molecule has 15 nitrogen and oxygen atoms in total. The monoisotopic (exact) mass is 904 g/mol. The van der Waals surface area contributed by atoms with Gasteiger partial charge in [-0.15, -0.1) is 0 Å². The molecule has 4 fully saturated rings. The zero-order valence-corrected chi connectivity index (χ0v) is 38.8. The molecule has 0 aromatic rings. The second-order valence-electron chi connectivity index (χ2n) is 18.6. The third-order valence-electron chi connectivity index (χ3n) is 14.3. The van der Waals surface area contributed by atoms with Crippen LogP contribution >= 0.6 is 7.82 Å². The number of phosphoric ester groups is 1. The summed E-state index contributed by atoms with van der Waals surface area (Å²) in [5.41, 5.74) is 7.16. The molecule has 1 saturated heterocycles. The molecule has 10 atom stereocenters. The Balaban J connectivity index is 0.000000271. The molecule has 3 unspecified atom stereocenters. The summed E-state index contributed by atoms with van der Waals surface area (Å²) in [6.07, 6.45) is 28.0. The van der Waals surface area contributed by atoms with Gasteiger partial charge in [0.2, 0.25) is 5.91 Å². The van der Waals surface area contributed by atoms with E-state index in [2.05, 4.69) is 36.7 Å². The smallest absolute Gasteiger partial charge is 0.469 e. The number of aliphatic hydroxyl groups is 1. The number of aliphatic carboxylic acids is 1. The molecule has 8 N–H and O–H groups in total. The van der Waals surface area contributed by atoms with E-state index in [9.17, 15) is 32.5 Å². The first-order valence-electron chi connectivity index (χ1n) is 22.8. The normalized spacial score (nSPS) is 30.6. The Labute approximate surface area is 364 Å². The van der Waals surface area contributed by atoms with Crippen molar-refractivity contribution < 1.29 is 60.6 Å². The van der Waals surface area contributed by atoms with Crippen LogP contribution in [-0.4, -0.2) is 81.5 Å². The Kier molecular flexibility index (Phi) is 21.8. The van der Waals surface area contributed by atoms with Crippen molar-refractivity contribution in [2.24, 2.45) is 40.2 Å². The fourth-order valence-electron chi connectivity index (χ4n) is 10.9. The van der Waals surface area contributed by atoms with Gasteiger partial charge in [0.25, 0.3) is 0 Å². The molecule has 1 heterocycles. The standard InChI is InChI=1S/C21H32O5S.C18H38NO5P.C5H7NO3/c1-13(22)17-6-7-18-16-5-4-14-12-15(26-27(23,24)25)8-10-20(14,2)19(16)9-11-21(17,18)3;1-2-3-4-5-6-7-8-9-10-11-12-13-14-15-18(20)17(19)16-24-25(21,22)23;7-4-2-1-3(6-4)5(8)9/h4,15-19H,5-12H2,1-3H3,(H,23,24,25);14-15,17-18,20H,2-13,16,19H2,1H3,(H2,21,22,23);3H,1-2H2,(H,6,7)(H,8,9)/t15?,16-,17+,18-,19-,20-,21+;;3-/m0.0/s1. The lowest BCUT2D eigenvalue weighted by molar-refractivity contribution is -0.140. The van der Waals surface area contributed by atoms with Gasteiger partial charge in [-0.05, 0) is 106 Å². The van der Waals surface area contributed by atoms with Crippen LogP contribution in [0.3, 0.4) is 0 Å². The second-order valence-corrected chi connectivity index (χ2v) is 20.9. The van der Waals surface area contributed by atoms with Crippen LogP contribution in [0.15, 0.2) is 23.8 Å². The topological polar surface area (TPSA) is 260 Å². The van der Waals surface area contributed by atoms with Crippen LogP contribution in [0.25, 0.3) is 0 Å². The number of phosphoric acid groups is 1. The van der Waals surface area contributed by atoms with Crippen molar-refractivity contribution in [2.75, 3.05) is 6.61 Å². The first-order valence-corrected chi connectivity index (χ1v) is 25.7. The Hall–Kier alpha value is -2.01. The summed E-state index contributed by atoms with van der Waals surface area (Å²) >= 11 is 0. The Bertz CT molecular complexity index is 1640. The Morgan fingerprint density at radius 3 is 2.11 bits per heavy atom. The summed E-state index contributed by atoms with van der Waals surface area (Å²) in [6.45, 7) is 8.32. The number of unbranched alkanes of at least 4 members (excludes halogenated alkanes) is 11. The predicted molar refractivity (Wildman–Crippen MR) is 233 cm³/mol. The van der Waals surface area contributed by atoms with Crippen molar-refractivity contribution in [3.05, 3.63) is 23.8 Å². The molecule has 61 heavy (non-hydrogen) atoms. The molecular formula is C44H77N2O13PS. The highest BCUT2D eigenvalue weighted by molar-refractivity contribution is 7.80. The number of rotatable bonds is 21. The number of allylic oxidation sites excluding steroid dienone is 2. The largest absolute Gasteiger partial charge is 0.480 e. The van der Waals surface area contributed by atoms with E-state index in [-0.39, 0.29) is 29.3 Å². The maximum absolute atomic E-state index is 12.2. The number of hydrogen-bond donors (Lipinski definition) is 7. The zero-order chi connectivity index (χ0) is 45.4. The summed E-state index contributed by atoms with van der Waals surface area (Å²) in [4.78, 5) is 49.9. The minimum Gasteiger partial charge on any atom is -0.480 e. The number of ketones is 1. The van der Waals surface area contributed by atoms with E-state index in [0.29, 0.717) is 49.2 Å². The van der Waals surface area contributed by atoms with Crippen LogP contribution in [0, 0.1) is 34.5 Å². The first-order chi connectivity index (χ1) is 28.6. The molecule has 0 spiro atoms. The summed E-state index contributed by atoms with van der Waals surface area (Å²) in [6, 6.07) is -1.49. The minimum absolute atomic E-state index is 0.0949. The summed E-state index contributed by atoms with van der Waals surface area (Å²) in [5, 5.41) is 20.4. The number of fused-ring (bicyclic) bond motifs is 5.